The number of nitrogens with two attached hydrogens (primary N) is 1. The molecule has 0 radical (unpaired) electrons. The maximum absolute atomic E-state index is 11.8. The van der Waals surface area contributed by atoms with Gasteiger partial charge in [0.05, 0.1) is 5.56 Å². The zero-order chi connectivity index (χ0) is 19.8. The molecule has 0 fully saturated rings. The SMILES string of the molecule is Cc1cccc(C)c1OCC(=O)NNC(=O)COc1ccccc1C(N)=O. The summed E-state index contributed by atoms with van der Waals surface area (Å²) in [6, 6.07) is 11.9. The molecule has 0 saturated heterocycles. The average molecular weight is 371 g/mol. The van der Waals surface area contributed by atoms with Crippen LogP contribution in [0.4, 0.5) is 0 Å². The van der Waals surface area contributed by atoms with E-state index in [0.29, 0.717) is 5.75 Å². The summed E-state index contributed by atoms with van der Waals surface area (Å²) in [6.45, 7) is 3.10. The quantitative estimate of drug-likeness (QED) is 0.628. The van der Waals surface area contributed by atoms with E-state index in [4.69, 9.17) is 15.2 Å². The number of hydrazine groups is 1. The van der Waals surface area contributed by atoms with Crippen LogP contribution in [0.15, 0.2) is 42.5 Å². The number of rotatable bonds is 7. The van der Waals surface area contributed by atoms with Gasteiger partial charge in [-0.1, -0.05) is 30.3 Å². The second-order valence-corrected chi connectivity index (χ2v) is 5.76. The van der Waals surface area contributed by atoms with Gasteiger partial charge in [0.1, 0.15) is 11.5 Å². The Morgan fingerprint density at radius 3 is 2.00 bits per heavy atom. The molecule has 4 N–H and O–H groups in total. The first-order chi connectivity index (χ1) is 12.9. The van der Waals surface area contributed by atoms with Crippen LogP contribution in [0.3, 0.4) is 0 Å². The first-order valence-electron chi connectivity index (χ1n) is 8.17. The van der Waals surface area contributed by atoms with Gasteiger partial charge in [-0.25, -0.2) is 0 Å². The highest BCUT2D eigenvalue weighted by Crippen LogP contribution is 2.22. The zero-order valence-electron chi connectivity index (χ0n) is 15.1. The van der Waals surface area contributed by atoms with E-state index in [1.807, 2.05) is 32.0 Å². The van der Waals surface area contributed by atoms with Crippen LogP contribution in [-0.2, 0) is 9.59 Å². The molecule has 0 unspecified atom stereocenters. The number of hydrogen-bond donors (Lipinski definition) is 3. The van der Waals surface area contributed by atoms with E-state index in [1.165, 1.54) is 12.1 Å². The molecule has 142 valence electrons. The summed E-state index contributed by atoms with van der Waals surface area (Å²) >= 11 is 0. The summed E-state index contributed by atoms with van der Waals surface area (Å²) in [7, 11) is 0. The van der Waals surface area contributed by atoms with E-state index >= 15 is 0 Å². The molecule has 0 aliphatic heterocycles. The van der Waals surface area contributed by atoms with Gasteiger partial charge in [0, 0.05) is 0 Å². The number of aryl methyl sites for hydroxylation is 2. The van der Waals surface area contributed by atoms with Gasteiger partial charge < -0.3 is 15.2 Å². The molecular weight excluding hydrogens is 350 g/mol. The van der Waals surface area contributed by atoms with Crippen molar-refractivity contribution >= 4 is 17.7 Å². The van der Waals surface area contributed by atoms with Crippen LogP contribution in [-0.4, -0.2) is 30.9 Å². The van der Waals surface area contributed by atoms with Gasteiger partial charge >= 0.3 is 0 Å². The molecule has 8 heteroatoms. The van der Waals surface area contributed by atoms with Crippen molar-refractivity contribution in [1.82, 2.24) is 10.9 Å². The maximum Gasteiger partial charge on any atom is 0.276 e. The molecule has 2 aromatic rings. The molecule has 0 spiro atoms. The Balaban J connectivity index is 1.77. The molecule has 0 aliphatic carbocycles. The van der Waals surface area contributed by atoms with Gasteiger partial charge in [0.2, 0.25) is 0 Å². The van der Waals surface area contributed by atoms with Crippen LogP contribution in [0.25, 0.3) is 0 Å². The predicted molar refractivity (Wildman–Crippen MR) is 98.2 cm³/mol. The smallest absolute Gasteiger partial charge is 0.276 e. The molecular formula is C19H21N3O5. The lowest BCUT2D eigenvalue weighted by molar-refractivity contribution is -0.131. The van der Waals surface area contributed by atoms with Crippen molar-refractivity contribution in [2.75, 3.05) is 13.2 Å². The van der Waals surface area contributed by atoms with E-state index < -0.39 is 24.3 Å². The molecule has 2 aromatic carbocycles. The minimum atomic E-state index is -0.664. The third kappa shape index (κ3) is 5.74. The van der Waals surface area contributed by atoms with Crippen LogP contribution in [0.2, 0.25) is 0 Å². The van der Waals surface area contributed by atoms with Crippen molar-refractivity contribution in [2.24, 2.45) is 5.73 Å². The van der Waals surface area contributed by atoms with Gasteiger partial charge in [-0.2, -0.15) is 0 Å². The molecule has 0 saturated carbocycles. The zero-order valence-corrected chi connectivity index (χ0v) is 15.1. The highest BCUT2D eigenvalue weighted by atomic mass is 16.5. The van der Waals surface area contributed by atoms with Crippen LogP contribution >= 0.6 is 0 Å². The van der Waals surface area contributed by atoms with E-state index in [9.17, 15) is 14.4 Å². The molecule has 3 amide bonds. The first kappa shape index (κ1) is 19.8. The number of primary amides is 1. The number of amides is 3. The van der Waals surface area contributed by atoms with E-state index in [-0.39, 0.29) is 17.9 Å². The third-order valence-electron chi connectivity index (χ3n) is 3.61. The Kier molecular flexibility index (Phi) is 6.76. The van der Waals surface area contributed by atoms with Crippen LogP contribution in [0, 0.1) is 13.8 Å². The number of carbonyl (C=O) groups excluding carboxylic acids is 3. The second-order valence-electron chi connectivity index (χ2n) is 5.76. The number of hydrogen-bond acceptors (Lipinski definition) is 5. The second kappa shape index (κ2) is 9.23. The van der Waals surface area contributed by atoms with E-state index in [1.54, 1.807) is 12.1 Å². The van der Waals surface area contributed by atoms with Crippen LogP contribution in [0.5, 0.6) is 11.5 Å². The lowest BCUT2D eigenvalue weighted by Crippen LogP contribution is -2.45. The summed E-state index contributed by atoms with van der Waals surface area (Å²) in [6.07, 6.45) is 0. The van der Waals surface area contributed by atoms with Crippen molar-refractivity contribution in [1.29, 1.82) is 0 Å². The van der Waals surface area contributed by atoms with Crippen LogP contribution in [0.1, 0.15) is 21.5 Å². The minimum Gasteiger partial charge on any atom is -0.483 e. The number of carbonyl (C=O) groups is 3. The Labute approximate surface area is 156 Å². The molecule has 8 nitrogen and oxygen atoms in total. The van der Waals surface area contributed by atoms with Gasteiger partial charge in [-0.05, 0) is 37.1 Å². The molecule has 0 bridgehead atoms. The molecule has 0 aliphatic rings. The standard InChI is InChI=1S/C19H21N3O5/c1-12-6-5-7-13(2)18(12)27-11-17(24)22-21-16(23)10-26-15-9-4-3-8-14(15)19(20)25/h3-9H,10-11H2,1-2H3,(H2,20,25)(H,21,23)(H,22,24). The van der Waals surface area contributed by atoms with Gasteiger partial charge in [0.25, 0.3) is 17.7 Å². The predicted octanol–water partition coefficient (Wildman–Crippen LogP) is 1.01. The normalized spacial score (nSPS) is 10.0. The topological polar surface area (TPSA) is 120 Å². The van der Waals surface area contributed by atoms with Crippen molar-refractivity contribution in [3.8, 4) is 11.5 Å². The summed E-state index contributed by atoms with van der Waals surface area (Å²) in [5.74, 6) is -0.976. The van der Waals surface area contributed by atoms with Gasteiger partial charge in [-0.3, -0.25) is 25.2 Å². The fourth-order valence-corrected chi connectivity index (χ4v) is 2.32. The fourth-order valence-electron chi connectivity index (χ4n) is 2.32. The Morgan fingerprint density at radius 2 is 1.41 bits per heavy atom. The first-order valence-corrected chi connectivity index (χ1v) is 8.17. The van der Waals surface area contributed by atoms with E-state index in [2.05, 4.69) is 10.9 Å². The van der Waals surface area contributed by atoms with Gasteiger partial charge in [0.15, 0.2) is 13.2 Å². The van der Waals surface area contributed by atoms with Crippen molar-refractivity contribution < 1.29 is 23.9 Å². The summed E-state index contributed by atoms with van der Waals surface area (Å²) < 4.78 is 10.7. The molecule has 0 atom stereocenters. The highest BCUT2D eigenvalue weighted by molar-refractivity contribution is 5.95. The largest absolute Gasteiger partial charge is 0.483 e. The Morgan fingerprint density at radius 1 is 0.852 bits per heavy atom. The van der Waals surface area contributed by atoms with Crippen molar-refractivity contribution in [3.05, 3.63) is 59.2 Å². The molecule has 0 aromatic heterocycles. The minimum absolute atomic E-state index is 0.163. The van der Waals surface area contributed by atoms with Gasteiger partial charge in [-0.15, -0.1) is 0 Å². The monoisotopic (exact) mass is 371 g/mol. The van der Waals surface area contributed by atoms with E-state index in [0.717, 1.165) is 11.1 Å². The van der Waals surface area contributed by atoms with Crippen LogP contribution < -0.4 is 26.1 Å². The summed E-state index contributed by atoms with van der Waals surface area (Å²) in [5, 5.41) is 0. The highest BCUT2D eigenvalue weighted by Gasteiger charge is 2.11. The average Bonchev–Trinajstić information content (AvgIpc) is 2.64. The molecule has 27 heavy (non-hydrogen) atoms. The molecule has 2 rings (SSSR count). The number of para-hydroxylation sites is 2. The lowest BCUT2D eigenvalue weighted by atomic mass is 10.1. The number of benzene rings is 2. The third-order valence-corrected chi connectivity index (χ3v) is 3.61. The van der Waals surface area contributed by atoms with Crippen molar-refractivity contribution in [2.45, 2.75) is 13.8 Å². The van der Waals surface area contributed by atoms with Crippen molar-refractivity contribution in [3.63, 3.8) is 0 Å². The summed E-state index contributed by atoms with van der Waals surface area (Å²) in [4.78, 5) is 34.9. The maximum atomic E-state index is 11.8. The molecule has 0 heterocycles. The lowest BCUT2D eigenvalue weighted by Gasteiger charge is -2.13. The fraction of sp³-hybridized carbons (Fsp3) is 0.211. The Bertz CT molecular complexity index is 831. The number of ether oxygens (including phenoxy) is 2. The summed E-state index contributed by atoms with van der Waals surface area (Å²) in [5.41, 5.74) is 11.7. The number of nitrogens with one attached hydrogen (secondary N) is 2. The Hall–Kier alpha value is -3.55.